The van der Waals surface area contributed by atoms with Crippen molar-refractivity contribution in [3.05, 3.63) is 83.1 Å². The summed E-state index contributed by atoms with van der Waals surface area (Å²) >= 11 is 1.30. The Morgan fingerprint density at radius 1 is 1.12 bits per heavy atom. The molecule has 2 aromatic carbocycles. The summed E-state index contributed by atoms with van der Waals surface area (Å²) < 4.78 is 11.0. The Hall–Kier alpha value is -3.59. The van der Waals surface area contributed by atoms with Gasteiger partial charge in [0.1, 0.15) is 17.7 Å². The number of fused-ring (bicyclic) bond motifs is 1. The number of ether oxygens (including phenoxy) is 2. The van der Waals surface area contributed by atoms with Crippen molar-refractivity contribution in [3.8, 4) is 0 Å². The number of esters is 2. The van der Waals surface area contributed by atoms with E-state index in [1.54, 1.807) is 0 Å². The Balaban J connectivity index is 1.70. The molecular weight excluding hydrogens is 432 g/mol. The van der Waals surface area contributed by atoms with Crippen LogP contribution in [-0.2, 0) is 23.9 Å². The van der Waals surface area contributed by atoms with Crippen LogP contribution < -0.4 is 0 Å². The van der Waals surface area contributed by atoms with Crippen molar-refractivity contribution in [1.82, 2.24) is 4.90 Å². The second-order valence-electron chi connectivity index (χ2n) is 7.16. The summed E-state index contributed by atoms with van der Waals surface area (Å²) in [6, 6.07) is 18.5. The lowest BCUT2D eigenvalue weighted by molar-refractivity contribution is -0.148. The van der Waals surface area contributed by atoms with E-state index in [1.165, 1.54) is 23.6 Å². The summed E-state index contributed by atoms with van der Waals surface area (Å²) in [5.41, 5.74) is 1.97. The van der Waals surface area contributed by atoms with E-state index >= 15 is 0 Å². The predicted molar refractivity (Wildman–Crippen MR) is 117 cm³/mol. The molecule has 1 amide bonds. The monoisotopic (exact) mass is 452 g/mol. The van der Waals surface area contributed by atoms with Gasteiger partial charge in [-0.2, -0.15) is 0 Å². The maximum absolute atomic E-state index is 13.4. The molecule has 4 rings (SSSR count). The standard InChI is InChI=1S/C23H20N2O6S/c1-14(26)30-12-17-13-32-22-18(24-29)21(27)25(22)19(17)23(28)31-20(15-8-4-2-5-9-15)16-10-6-3-7-11-16/h2-11,20,22,29H,12-13H2,1H3/b24-18+/t22-/m1/s1. The molecule has 8 nitrogen and oxygen atoms in total. The highest BCUT2D eigenvalue weighted by molar-refractivity contribution is 8.01. The fourth-order valence-electron chi connectivity index (χ4n) is 3.56. The van der Waals surface area contributed by atoms with E-state index in [4.69, 9.17) is 14.7 Å². The highest BCUT2D eigenvalue weighted by Gasteiger charge is 2.52. The number of amides is 1. The summed E-state index contributed by atoms with van der Waals surface area (Å²) in [6.45, 7) is 1.12. The van der Waals surface area contributed by atoms with Crippen LogP contribution in [0.1, 0.15) is 24.2 Å². The average Bonchev–Trinajstić information content (AvgIpc) is 2.81. The second-order valence-corrected chi connectivity index (χ2v) is 8.23. The van der Waals surface area contributed by atoms with E-state index in [0.29, 0.717) is 11.3 Å². The second kappa shape index (κ2) is 9.27. The number of β-lactam (4-membered cyclic amide) rings is 1. The minimum Gasteiger partial charge on any atom is -0.461 e. The fourth-order valence-corrected chi connectivity index (χ4v) is 4.80. The third-order valence-corrected chi connectivity index (χ3v) is 6.34. The van der Waals surface area contributed by atoms with E-state index in [9.17, 15) is 14.4 Å². The van der Waals surface area contributed by atoms with Crippen LogP contribution in [0.25, 0.3) is 0 Å². The van der Waals surface area contributed by atoms with Crippen LogP contribution in [0.2, 0.25) is 0 Å². The molecule has 2 aliphatic heterocycles. The number of hydrogen-bond acceptors (Lipinski definition) is 8. The normalized spacial score (nSPS) is 18.9. The van der Waals surface area contributed by atoms with Gasteiger partial charge in [-0.25, -0.2) is 4.79 Å². The van der Waals surface area contributed by atoms with E-state index in [2.05, 4.69) is 5.16 Å². The van der Waals surface area contributed by atoms with Crippen LogP contribution in [0, 0.1) is 0 Å². The lowest BCUT2D eigenvalue weighted by atomic mass is 10.0. The number of oxime groups is 1. The van der Waals surface area contributed by atoms with Gasteiger partial charge in [-0.1, -0.05) is 65.8 Å². The van der Waals surface area contributed by atoms with Crippen molar-refractivity contribution in [2.45, 2.75) is 18.4 Å². The summed E-state index contributed by atoms with van der Waals surface area (Å²) in [4.78, 5) is 38.5. The van der Waals surface area contributed by atoms with Gasteiger partial charge in [0.05, 0.1) is 0 Å². The minimum atomic E-state index is -0.722. The number of benzene rings is 2. The van der Waals surface area contributed by atoms with Crippen molar-refractivity contribution in [2.75, 3.05) is 12.4 Å². The molecule has 2 aromatic rings. The van der Waals surface area contributed by atoms with Crippen LogP contribution in [-0.4, -0.2) is 51.4 Å². The predicted octanol–water partition coefficient (Wildman–Crippen LogP) is 2.88. The van der Waals surface area contributed by atoms with Crippen molar-refractivity contribution in [1.29, 1.82) is 0 Å². The Kier molecular flexibility index (Phi) is 6.27. The zero-order valence-corrected chi connectivity index (χ0v) is 18.0. The van der Waals surface area contributed by atoms with Gasteiger partial charge >= 0.3 is 11.9 Å². The summed E-state index contributed by atoms with van der Waals surface area (Å²) in [5, 5.41) is 11.6. The van der Waals surface area contributed by atoms with Crippen LogP contribution in [0.3, 0.4) is 0 Å². The highest BCUT2D eigenvalue weighted by atomic mass is 32.2. The van der Waals surface area contributed by atoms with Crippen molar-refractivity contribution >= 4 is 35.3 Å². The molecular formula is C23H20N2O6S. The molecule has 1 fully saturated rings. The molecule has 0 aliphatic carbocycles. The summed E-state index contributed by atoms with van der Waals surface area (Å²) in [6.07, 6.45) is -0.706. The van der Waals surface area contributed by atoms with Crippen LogP contribution in [0.4, 0.5) is 0 Å². The summed E-state index contributed by atoms with van der Waals surface area (Å²) in [7, 11) is 0. The first-order valence-corrected chi connectivity index (χ1v) is 10.9. The molecule has 0 unspecified atom stereocenters. The molecule has 0 saturated carbocycles. The first-order chi connectivity index (χ1) is 15.5. The van der Waals surface area contributed by atoms with Gasteiger partial charge in [-0.05, 0) is 11.1 Å². The smallest absolute Gasteiger partial charge is 0.356 e. The maximum Gasteiger partial charge on any atom is 0.356 e. The zero-order valence-electron chi connectivity index (χ0n) is 17.1. The third kappa shape index (κ3) is 4.11. The molecule has 1 atom stereocenters. The van der Waals surface area contributed by atoms with Crippen molar-refractivity contribution in [3.63, 3.8) is 0 Å². The number of hydrogen-bond donors (Lipinski definition) is 1. The van der Waals surface area contributed by atoms with Gasteiger partial charge in [0.15, 0.2) is 11.8 Å². The Morgan fingerprint density at radius 3 is 2.25 bits per heavy atom. The number of rotatable bonds is 6. The lowest BCUT2D eigenvalue weighted by Gasteiger charge is -2.44. The molecule has 2 heterocycles. The molecule has 0 radical (unpaired) electrons. The van der Waals surface area contributed by atoms with Crippen molar-refractivity contribution in [2.24, 2.45) is 5.16 Å². The first-order valence-electron chi connectivity index (χ1n) is 9.84. The van der Waals surface area contributed by atoms with Crippen LogP contribution in [0.5, 0.6) is 0 Å². The Labute approximate surface area is 188 Å². The van der Waals surface area contributed by atoms with Gasteiger partial charge in [-0.3, -0.25) is 14.5 Å². The quantitative estimate of drug-likeness (QED) is 0.311. The third-order valence-electron chi connectivity index (χ3n) is 5.08. The zero-order chi connectivity index (χ0) is 22.7. The lowest BCUT2D eigenvalue weighted by Crippen LogP contribution is -2.62. The molecule has 164 valence electrons. The first kappa shape index (κ1) is 21.6. The number of nitrogens with zero attached hydrogens (tertiary/aromatic N) is 2. The minimum absolute atomic E-state index is 0.0178. The van der Waals surface area contributed by atoms with Crippen molar-refractivity contribution < 1.29 is 29.1 Å². The number of carbonyl (C=O) groups is 3. The molecule has 0 bridgehead atoms. The fraction of sp³-hybridized carbons (Fsp3) is 0.217. The topological polar surface area (TPSA) is 106 Å². The van der Waals surface area contributed by atoms with Crippen LogP contribution in [0.15, 0.2) is 77.1 Å². The molecule has 0 aromatic heterocycles. The van der Waals surface area contributed by atoms with Gasteiger partial charge < -0.3 is 14.7 Å². The SMILES string of the molecule is CC(=O)OCC1=C(C(=O)OC(c2ccccc2)c2ccccc2)N2C(=O)/C(=N\O)[C@H]2SC1. The molecule has 0 spiro atoms. The molecule has 32 heavy (non-hydrogen) atoms. The maximum atomic E-state index is 13.4. The Morgan fingerprint density at radius 2 is 1.72 bits per heavy atom. The molecule has 1 N–H and O–H groups in total. The number of carbonyl (C=O) groups excluding carboxylic acids is 3. The molecule has 9 heteroatoms. The molecule has 1 saturated heterocycles. The largest absolute Gasteiger partial charge is 0.461 e. The van der Waals surface area contributed by atoms with E-state index < -0.39 is 29.3 Å². The van der Waals surface area contributed by atoms with E-state index in [-0.39, 0.29) is 18.0 Å². The van der Waals surface area contributed by atoms with Gasteiger partial charge in [0.25, 0.3) is 5.91 Å². The highest BCUT2D eigenvalue weighted by Crippen LogP contribution is 2.40. The number of thioether (sulfide) groups is 1. The van der Waals surface area contributed by atoms with E-state index in [1.807, 2.05) is 60.7 Å². The van der Waals surface area contributed by atoms with Gasteiger partial charge in [0, 0.05) is 18.2 Å². The van der Waals surface area contributed by atoms with Gasteiger partial charge in [0.2, 0.25) is 0 Å². The van der Waals surface area contributed by atoms with Crippen LogP contribution >= 0.6 is 11.8 Å². The average molecular weight is 452 g/mol. The van der Waals surface area contributed by atoms with Gasteiger partial charge in [-0.15, -0.1) is 11.8 Å². The van der Waals surface area contributed by atoms with E-state index in [0.717, 1.165) is 11.1 Å². The molecule has 2 aliphatic rings. The Bertz CT molecular complexity index is 1060. The summed E-state index contributed by atoms with van der Waals surface area (Å²) in [5.74, 6) is -1.50.